The van der Waals surface area contributed by atoms with Crippen LogP contribution in [0.1, 0.15) is 5.56 Å². The minimum atomic E-state index is -1.62. The van der Waals surface area contributed by atoms with Crippen molar-refractivity contribution in [3.8, 4) is 11.5 Å². The van der Waals surface area contributed by atoms with E-state index in [0.717, 1.165) is 17.7 Å². The Kier molecular flexibility index (Phi) is 6.46. The number of rotatable bonds is 7. The molecule has 2 aromatic carbocycles. The molecule has 1 amide bonds. The van der Waals surface area contributed by atoms with Crippen LogP contribution in [0.25, 0.3) is 0 Å². The lowest BCUT2D eigenvalue weighted by Crippen LogP contribution is -2.30. The van der Waals surface area contributed by atoms with E-state index >= 15 is 0 Å². The van der Waals surface area contributed by atoms with Crippen LogP contribution in [0, 0.1) is 17.5 Å². The van der Waals surface area contributed by atoms with E-state index in [4.69, 9.17) is 9.47 Å². The van der Waals surface area contributed by atoms with E-state index in [1.54, 1.807) is 24.1 Å². The first kappa shape index (κ1) is 19.6. The summed E-state index contributed by atoms with van der Waals surface area (Å²) in [5.74, 6) is -3.77. The zero-order valence-electron chi connectivity index (χ0n) is 14.6. The molecule has 0 bridgehead atoms. The zero-order chi connectivity index (χ0) is 19.3. The number of amides is 1. The molecular formula is C18H19F3N2O3. The Morgan fingerprint density at radius 2 is 1.73 bits per heavy atom. The first-order valence-corrected chi connectivity index (χ1v) is 7.68. The molecule has 0 saturated heterocycles. The van der Waals surface area contributed by atoms with Crippen LogP contribution in [0.3, 0.4) is 0 Å². The van der Waals surface area contributed by atoms with Crippen molar-refractivity contribution >= 4 is 11.6 Å². The first-order chi connectivity index (χ1) is 12.3. The van der Waals surface area contributed by atoms with Gasteiger partial charge in [0, 0.05) is 6.54 Å². The summed E-state index contributed by atoms with van der Waals surface area (Å²) in [6, 6.07) is 7.08. The molecule has 0 saturated carbocycles. The number of anilines is 1. The first-order valence-electron chi connectivity index (χ1n) is 7.68. The number of methoxy groups -OCH3 is 2. The van der Waals surface area contributed by atoms with Crippen LogP contribution in [0.5, 0.6) is 11.5 Å². The highest BCUT2D eigenvalue weighted by Crippen LogP contribution is 2.28. The summed E-state index contributed by atoms with van der Waals surface area (Å²) in [6.45, 7) is 0.334. The second-order valence-corrected chi connectivity index (χ2v) is 5.63. The standard InChI is InChI=1S/C18H19F3N2O3/c1-23(9-11-4-7-14(25-2)15(8-11)26-3)10-16(24)22-13-6-5-12(19)17(20)18(13)21/h4-8H,9-10H2,1-3H3,(H,22,24). The average Bonchev–Trinajstić information content (AvgIpc) is 2.61. The lowest BCUT2D eigenvalue weighted by Gasteiger charge is -2.17. The number of benzene rings is 2. The maximum absolute atomic E-state index is 13.6. The molecule has 0 fully saturated rings. The van der Waals surface area contributed by atoms with E-state index in [1.807, 2.05) is 6.07 Å². The molecule has 0 heterocycles. The summed E-state index contributed by atoms with van der Waals surface area (Å²) in [5, 5.41) is 2.23. The quantitative estimate of drug-likeness (QED) is 0.763. The molecule has 0 radical (unpaired) electrons. The molecule has 8 heteroatoms. The van der Waals surface area contributed by atoms with Crippen LogP contribution in [0.15, 0.2) is 30.3 Å². The Morgan fingerprint density at radius 1 is 1.04 bits per heavy atom. The van der Waals surface area contributed by atoms with Gasteiger partial charge in [-0.15, -0.1) is 0 Å². The number of likely N-dealkylation sites (N-methyl/N-ethyl adjacent to an activating group) is 1. The normalized spacial score (nSPS) is 10.7. The summed E-state index contributed by atoms with van der Waals surface area (Å²) in [6.07, 6.45) is 0. The second-order valence-electron chi connectivity index (χ2n) is 5.63. The van der Waals surface area contributed by atoms with Crippen molar-refractivity contribution in [1.29, 1.82) is 0 Å². The molecule has 26 heavy (non-hydrogen) atoms. The van der Waals surface area contributed by atoms with Gasteiger partial charge in [-0.1, -0.05) is 6.07 Å². The Balaban J connectivity index is 1.98. The monoisotopic (exact) mass is 368 g/mol. The Hall–Kier alpha value is -2.74. The van der Waals surface area contributed by atoms with Crippen molar-refractivity contribution in [2.75, 3.05) is 33.1 Å². The van der Waals surface area contributed by atoms with Gasteiger partial charge in [0.25, 0.3) is 0 Å². The molecule has 2 aromatic rings. The van der Waals surface area contributed by atoms with E-state index in [-0.39, 0.29) is 6.54 Å². The van der Waals surface area contributed by atoms with Crippen LogP contribution in [-0.2, 0) is 11.3 Å². The van der Waals surface area contributed by atoms with Crippen molar-refractivity contribution in [2.24, 2.45) is 0 Å². The van der Waals surface area contributed by atoms with Gasteiger partial charge in [-0.25, -0.2) is 13.2 Å². The number of halogens is 3. The fourth-order valence-corrected chi connectivity index (χ4v) is 2.40. The SMILES string of the molecule is COc1ccc(CN(C)CC(=O)Nc2ccc(F)c(F)c2F)cc1OC. The summed E-state index contributed by atoms with van der Waals surface area (Å²) >= 11 is 0. The smallest absolute Gasteiger partial charge is 0.238 e. The summed E-state index contributed by atoms with van der Waals surface area (Å²) < 4.78 is 50.1. The van der Waals surface area contributed by atoms with Gasteiger partial charge in [0.15, 0.2) is 29.0 Å². The van der Waals surface area contributed by atoms with Crippen molar-refractivity contribution in [3.63, 3.8) is 0 Å². The van der Waals surface area contributed by atoms with Gasteiger partial charge in [-0.05, 0) is 36.9 Å². The van der Waals surface area contributed by atoms with E-state index < -0.39 is 29.0 Å². The number of nitrogens with zero attached hydrogens (tertiary/aromatic N) is 1. The van der Waals surface area contributed by atoms with Crippen LogP contribution in [-0.4, -0.2) is 38.6 Å². The molecule has 1 N–H and O–H groups in total. The highest BCUT2D eigenvalue weighted by atomic mass is 19.2. The maximum atomic E-state index is 13.6. The van der Waals surface area contributed by atoms with E-state index in [1.165, 1.54) is 14.2 Å². The molecule has 0 unspecified atom stereocenters. The van der Waals surface area contributed by atoms with Gasteiger partial charge < -0.3 is 14.8 Å². The van der Waals surface area contributed by atoms with Gasteiger partial charge in [-0.2, -0.15) is 0 Å². The Bertz CT molecular complexity index is 799. The third kappa shape index (κ3) is 4.66. The number of carbonyl (C=O) groups excluding carboxylic acids is 1. The fraction of sp³-hybridized carbons (Fsp3) is 0.278. The molecule has 0 spiro atoms. The molecule has 0 aliphatic heterocycles. The van der Waals surface area contributed by atoms with Crippen LogP contribution >= 0.6 is 0 Å². The third-order valence-electron chi connectivity index (χ3n) is 3.62. The predicted molar refractivity (Wildman–Crippen MR) is 90.8 cm³/mol. The molecule has 0 atom stereocenters. The highest BCUT2D eigenvalue weighted by Gasteiger charge is 2.16. The Morgan fingerprint density at radius 3 is 2.38 bits per heavy atom. The number of nitrogens with one attached hydrogen (secondary N) is 1. The average molecular weight is 368 g/mol. The van der Waals surface area contributed by atoms with Gasteiger partial charge in [-0.3, -0.25) is 9.69 Å². The van der Waals surface area contributed by atoms with Gasteiger partial charge in [0.05, 0.1) is 26.5 Å². The number of hydrogen-bond acceptors (Lipinski definition) is 4. The summed E-state index contributed by atoms with van der Waals surface area (Å²) in [5.41, 5.74) is 0.463. The van der Waals surface area contributed by atoms with Gasteiger partial charge in [0.2, 0.25) is 5.91 Å². The van der Waals surface area contributed by atoms with Crippen molar-refractivity contribution in [1.82, 2.24) is 4.90 Å². The number of carbonyl (C=O) groups is 1. The third-order valence-corrected chi connectivity index (χ3v) is 3.62. The minimum Gasteiger partial charge on any atom is -0.493 e. The fourth-order valence-electron chi connectivity index (χ4n) is 2.40. The van der Waals surface area contributed by atoms with Gasteiger partial charge >= 0.3 is 0 Å². The topological polar surface area (TPSA) is 50.8 Å². The lowest BCUT2D eigenvalue weighted by atomic mass is 10.2. The molecule has 0 aliphatic rings. The summed E-state index contributed by atoms with van der Waals surface area (Å²) in [7, 11) is 4.75. The van der Waals surface area contributed by atoms with Crippen LogP contribution in [0.4, 0.5) is 18.9 Å². The van der Waals surface area contributed by atoms with E-state index in [0.29, 0.717) is 18.0 Å². The van der Waals surface area contributed by atoms with Crippen molar-refractivity contribution in [2.45, 2.75) is 6.54 Å². The number of hydrogen-bond donors (Lipinski definition) is 1. The van der Waals surface area contributed by atoms with Crippen LogP contribution in [0.2, 0.25) is 0 Å². The minimum absolute atomic E-state index is 0.0766. The highest BCUT2D eigenvalue weighted by molar-refractivity contribution is 5.92. The molecule has 0 aromatic heterocycles. The largest absolute Gasteiger partial charge is 0.493 e. The Labute approximate surface area is 149 Å². The maximum Gasteiger partial charge on any atom is 0.238 e. The van der Waals surface area contributed by atoms with E-state index in [2.05, 4.69) is 5.32 Å². The number of ether oxygens (including phenoxy) is 2. The lowest BCUT2D eigenvalue weighted by molar-refractivity contribution is -0.117. The molecule has 140 valence electrons. The molecular weight excluding hydrogens is 349 g/mol. The molecule has 0 aliphatic carbocycles. The van der Waals surface area contributed by atoms with E-state index in [9.17, 15) is 18.0 Å². The molecule has 5 nitrogen and oxygen atoms in total. The predicted octanol–water partition coefficient (Wildman–Crippen LogP) is 3.19. The van der Waals surface area contributed by atoms with Crippen molar-refractivity contribution < 1.29 is 27.4 Å². The van der Waals surface area contributed by atoms with Crippen LogP contribution < -0.4 is 14.8 Å². The van der Waals surface area contributed by atoms with Gasteiger partial charge in [0.1, 0.15) is 0 Å². The molecule has 2 rings (SSSR count). The zero-order valence-corrected chi connectivity index (χ0v) is 14.6. The summed E-state index contributed by atoms with van der Waals surface area (Å²) in [4.78, 5) is 13.7. The second kappa shape index (κ2) is 8.57. The van der Waals surface area contributed by atoms with Crippen molar-refractivity contribution in [3.05, 3.63) is 53.3 Å².